The van der Waals surface area contributed by atoms with Gasteiger partial charge in [-0.3, -0.25) is 0 Å². The Hall–Kier alpha value is -3.02. The van der Waals surface area contributed by atoms with Crippen molar-refractivity contribution in [2.45, 2.75) is 13.8 Å². The van der Waals surface area contributed by atoms with Crippen molar-refractivity contribution in [1.82, 2.24) is 4.90 Å². The number of aromatic hydroxyl groups is 2. The highest BCUT2D eigenvalue weighted by molar-refractivity contribution is 7.23. The Morgan fingerprint density at radius 1 is 0.935 bits per heavy atom. The van der Waals surface area contributed by atoms with E-state index in [2.05, 4.69) is 24.8 Å². The summed E-state index contributed by atoms with van der Waals surface area (Å²) in [6, 6.07) is 21.9. The second-order valence-electron chi connectivity index (χ2n) is 7.35. The second kappa shape index (κ2) is 9.41. The van der Waals surface area contributed by atoms with Crippen molar-refractivity contribution in [3.8, 4) is 38.8 Å². The molecule has 1 heterocycles. The molecule has 0 aliphatic carbocycles. The van der Waals surface area contributed by atoms with Crippen LogP contribution < -0.4 is 4.74 Å². The minimum Gasteiger partial charge on any atom is -0.508 e. The first-order valence-corrected chi connectivity index (χ1v) is 11.3. The van der Waals surface area contributed by atoms with Crippen LogP contribution in [0.2, 0.25) is 0 Å². The maximum Gasteiger partial charge on any atom is 0.120 e. The molecule has 0 amide bonds. The Balaban J connectivity index is 1.73. The van der Waals surface area contributed by atoms with Crippen LogP contribution in [0.4, 0.5) is 0 Å². The SMILES string of the molecule is CCN(CC)CCOc1cc[c]c(-c2c(-c3ccc(O)cc3)sc3cc(O)ccc23)c1. The summed E-state index contributed by atoms with van der Waals surface area (Å²) in [5, 5.41) is 20.7. The van der Waals surface area contributed by atoms with Crippen LogP contribution in [0.15, 0.2) is 60.7 Å². The van der Waals surface area contributed by atoms with Gasteiger partial charge in [0, 0.05) is 27.1 Å². The zero-order chi connectivity index (χ0) is 21.8. The lowest BCUT2D eigenvalue weighted by molar-refractivity contribution is 0.223. The molecule has 0 saturated heterocycles. The Morgan fingerprint density at radius 2 is 1.68 bits per heavy atom. The van der Waals surface area contributed by atoms with Crippen molar-refractivity contribution < 1.29 is 14.9 Å². The molecule has 1 radical (unpaired) electrons. The van der Waals surface area contributed by atoms with Gasteiger partial charge in [0.2, 0.25) is 0 Å². The number of rotatable bonds is 8. The van der Waals surface area contributed by atoms with Crippen molar-refractivity contribution in [2.24, 2.45) is 0 Å². The summed E-state index contributed by atoms with van der Waals surface area (Å²) in [7, 11) is 0. The number of thiophene rings is 1. The van der Waals surface area contributed by atoms with Crippen LogP contribution in [0.1, 0.15) is 13.8 Å². The number of fused-ring (bicyclic) bond motifs is 1. The van der Waals surface area contributed by atoms with E-state index in [1.807, 2.05) is 36.4 Å². The van der Waals surface area contributed by atoms with Crippen LogP contribution in [-0.2, 0) is 0 Å². The highest BCUT2D eigenvalue weighted by atomic mass is 32.1. The molecule has 4 rings (SSSR count). The molecule has 4 aromatic rings. The van der Waals surface area contributed by atoms with Gasteiger partial charge < -0.3 is 19.8 Å². The first kappa shape index (κ1) is 21.2. The highest BCUT2D eigenvalue weighted by Crippen LogP contribution is 2.46. The van der Waals surface area contributed by atoms with Crippen molar-refractivity contribution in [3.63, 3.8) is 0 Å². The smallest absolute Gasteiger partial charge is 0.120 e. The molecule has 2 N–H and O–H groups in total. The molecule has 0 unspecified atom stereocenters. The quantitative estimate of drug-likeness (QED) is 0.350. The van der Waals surface area contributed by atoms with Crippen LogP contribution in [0, 0.1) is 6.07 Å². The minimum absolute atomic E-state index is 0.235. The van der Waals surface area contributed by atoms with E-state index in [1.165, 1.54) is 0 Å². The number of phenols is 2. The first-order chi connectivity index (χ1) is 15.1. The van der Waals surface area contributed by atoms with E-state index in [4.69, 9.17) is 4.74 Å². The predicted molar refractivity (Wildman–Crippen MR) is 128 cm³/mol. The molecule has 0 saturated carbocycles. The van der Waals surface area contributed by atoms with Crippen molar-refractivity contribution in [2.75, 3.05) is 26.2 Å². The molecule has 159 valence electrons. The molecule has 1 aromatic heterocycles. The molecule has 0 bridgehead atoms. The zero-order valence-corrected chi connectivity index (χ0v) is 18.6. The lowest BCUT2D eigenvalue weighted by atomic mass is 9.98. The zero-order valence-electron chi connectivity index (χ0n) is 17.8. The molecule has 31 heavy (non-hydrogen) atoms. The van der Waals surface area contributed by atoms with E-state index in [9.17, 15) is 10.2 Å². The average molecular weight is 433 g/mol. The molecule has 4 nitrogen and oxygen atoms in total. The van der Waals surface area contributed by atoms with Crippen LogP contribution in [0.5, 0.6) is 17.2 Å². The third kappa shape index (κ3) is 4.68. The fraction of sp³-hybridized carbons (Fsp3) is 0.231. The van der Waals surface area contributed by atoms with Gasteiger partial charge >= 0.3 is 0 Å². The lowest BCUT2D eigenvalue weighted by Gasteiger charge is -2.18. The summed E-state index contributed by atoms with van der Waals surface area (Å²) in [5.74, 6) is 1.30. The van der Waals surface area contributed by atoms with Gasteiger partial charge in [-0.1, -0.05) is 19.9 Å². The number of phenolic OH excluding ortho intramolecular Hbond substituents is 2. The fourth-order valence-corrected chi connectivity index (χ4v) is 4.94. The summed E-state index contributed by atoms with van der Waals surface area (Å²) in [4.78, 5) is 3.40. The summed E-state index contributed by atoms with van der Waals surface area (Å²) in [6.07, 6.45) is 0. The Morgan fingerprint density at radius 3 is 2.42 bits per heavy atom. The maximum atomic E-state index is 9.98. The van der Waals surface area contributed by atoms with Gasteiger partial charge in [0.1, 0.15) is 23.9 Å². The highest BCUT2D eigenvalue weighted by Gasteiger charge is 2.17. The summed E-state index contributed by atoms with van der Waals surface area (Å²) in [5.41, 5.74) is 3.01. The van der Waals surface area contributed by atoms with Crippen molar-refractivity contribution in [3.05, 3.63) is 66.7 Å². The molecule has 0 atom stereocenters. The average Bonchev–Trinajstić information content (AvgIpc) is 3.16. The number of hydrogen-bond donors (Lipinski definition) is 2. The Labute approximate surface area is 187 Å². The minimum atomic E-state index is 0.235. The van der Waals surface area contributed by atoms with Crippen molar-refractivity contribution >= 4 is 21.4 Å². The molecule has 0 spiro atoms. The first-order valence-electron chi connectivity index (χ1n) is 10.5. The normalized spacial score (nSPS) is 11.3. The molecule has 5 heteroatoms. The van der Waals surface area contributed by atoms with Crippen LogP contribution in [0.3, 0.4) is 0 Å². The largest absolute Gasteiger partial charge is 0.508 e. The molecular weight excluding hydrogens is 406 g/mol. The summed E-state index contributed by atoms with van der Waals surface area (Å²) < 4.78 is 7.04. The number of ether oxygens (including phenoxy) is 1. The van der Waals surface area contributed by atoms with Gasteiger partial charge in [-0.05, 0) is 84.9 Å². The van der Waals surface area contributed by atoms with Gasteiger partial charge in [-0.15, -0.1) is 11.3 Å². The van der Waals surface area contributed by atoms with Gasteiger partial charge in [0.05, 0.1) is 0 Å². The number of hydrogen-bond acceptors (Lipinski definition) is 5. The lowest BCUT2D eigenvalue weighted by Crippen LogP contribution is -2.27. The van der Waals surface area contributed by atoms with Crippen LogP contribution in [-0.4, -0.2) is 41.4 Å². The van der Waals surface area contributed by atoms with Crippen LogP contribution >= 0.6 is 11.3 Å². The van der Waals surface area contributed by atoms with Gasteiger partial charge in [0.25, 0.3) is 0 Å². The van der Waals surface area contributed by atoms with Gasteiger partial charge in [-0.2, -0.15) is 0 Å². The van der Waals surface area contributed by atoms with E-state index >= 15 is 0 Å². The molecular formula is C26H26NO3S. The number of likely N-dealkylation sites (N-methyl/N-ethyl adjacent to an activating group) is 1. The van der Waals surface area contributed by atoms with E-state index in [1.54, 1.807) is 35.6 Å². The molecule has 0 aliphatic rings. The maximum absolute atomic E-state index is 9.98. The third-order valence-corrected chi connectivity index (χ3v) is 6.62. The summed E-state index contributed by atoms with van der Waals surface area (Å²) >= 11 is 1.62. The third-order valence-electron chi connectivity index (χ3n) is 5.42. The number of nitrogens with zero attached hydrogens (tertiary/aromatic N) is 1. The fourth-order valence-electron chi connectivity index (χ4n) is 3.68. The molecule has 0 fully saturated rings. The van der Waals surface area contributed by atoms with E-state index in [0.29, 0.717) is 6.61 Å². The Bertz CT molecular complexity index is 1160. The van der Waals surface area contributed by atoms with E-state index < -0.39 is 0 Å². The topological polar surface area (TPSA) is 52.9 Å². The molecule has 0 aliphatic heterocycles. The number of benzene rings is 3. The van der Waals surface area contributed by atoms with Crippen LogP contribution in [0.25, 0.3) is 31.7 Å². The van der Waals surface area contributed by atoms with Crippen molar-refractivity contribution in [1.29, 1.82) is 0 Å². The summed E-state index contributed by atoms with van der Waals surface area (Å²) in [6.45, 7) is 7.86. The second-order valence-corrected chi connectivity index (χ2v) is 8.40. The Kier molecular flexibility index (Phi) is 6.44. The predicted octanol–water partition coefficient (Wildman–Crippen LogP) is 6.17. The van der Waals surface area contributed by atoms with Gasteiger partial charge in [0.15, 0.2) is 0 Å². The van der Waals surface area contributed by atoms with E-state index in [-0.39, 0.29) is 11.5 Å². The molecule has 3 aromatic carbocycles. The van der Waals surface area contributed by atoms with E-state index in [0.717, 1.165) is 57.0 Å². The van der Waals surface area contributed by atoms with Gasteiger partial charge in [-0.25, -0.2) is 0 Å². The monoisotopic (exact) mass is 432 g/mol. The standard InChI is InChI=1S/C26H26NO3S/c1-3-27(4-2)14-15-30-22-7-5-6-19(16-22)25-23-13-12-21(29)17-24(23)31-26(25)18-8-10-20(28)11-9-18/h5,7-13,16-17,28-29H,3-4,14-15H2,1-2H3.